The summed E-state index contributed by atoms with van der Waals surface area (Å²) in [5.74, 6) is 0.590. The van der Waals surface area contributed by atoms with Crippen LogP contribution < -0.4 is 5.32 Å². The van der Waals surface area contributed by atoms with Crippen molar-refractivity contribution in [2.45, 2.75) is 19.6 Å². The molecule has 1 aromatic carbocycles. The maximum Gasteiger partial charge on any atom is 0.213 e. The fourth-order valence-electron chi connectivity index (χ4n) is 1.55. The SMILES string of the molecule is c1ccc(CNCCCOCc2ncon2)cc1. The first kappa shape index (κ1) is 12.7. The topological polar surface area (TPSA) is 60.2 Å². The Morgan fingerprint density at radius 2 is 2.11 bits per heavy atom. The Balaban J connectivity index is 1.47. The lowest BCUT2D eigenvalue weighted by Crippen LogP contribution is -2.16. The van der Waals surface area contributed by atoms with E-state index in [2.05, 4.69) is 32.1 Å². The van der Waals surface area contributed by atoms with Crippen LogP contribution >= 0.6 is 0 Å². The summed E-state index contributed by atoms with van der Waals surface area (Å²) in [5, 5.41) is 7.03. The molecule has 1 N–H and O–H groups in total. The standard InChI is InChI=1S/C13H17N3O2/c1-2-5-12(6-3-1)9-14-7-4-8-17-10-13-15-11-18-16-13/h1-3,5-6,11,14H,4,7-10H2. The fourth-order valence-corrected chi connectivity index (χ4v) is 1.55. The molecule has 0 fully saturated rings. The minimum atomic E-state index is 0.412. The average molecular weight is 247 g/mol. The van der Waals surface area contributed by atoms with Crippen LogP contribution in [0.15, 0.2) is 41.2 Å². The molecule has 0 unspecified atom stereocenters. The maximum atomic E-state index is 5.41. The van der Waals surface area contributed by atoms with Crippen LogP contribution in [0, 0.1) is 0 Å². The molecular formula is C13H17N3O2. The quantitative estimate of drug-likeness (QED) is 0.720. The van der Waals surface area contributed by atoms with Crippen LogP contribution in [-0.2, 0) is 17.9 Å². The van der Waals surface area contributed by atoms with Gasteiger partial charge >= 0.3 is 0 Å². The number of hydrogen-bond acceptors (Lipinski definition) is 5. The van der Waals surface area contributed by atoms with Gasteiger partial charge in [-0.25, -0.2) is 0 Å². The molecule has 1 heterocycles. The summed E-state index contributed by atoms with van der Waals surface area (Å²) in [4.78, 5) is 3.87. The second-order valence-electron chi connectivity index (χ2n) is 3.92. The highest BCUT2D eigenvalue weighted by molar-refractivity contribution is 5.14. The van der Waals surface area contributed by atoms with Gasteiger partial charge in [0, 0.05) is 13.2 Å². The van der Waals surface area contributed by atoms with Crippen molar-refractivity contribution in [1.29, 1.82) is 0 Å². The van der Waals surface area contributed by atoms with Gasteiger partial charge in [0.25, 0.3) is 0 Å². The van der Waals surface area contributed by atoms with Gasteiger partial charge in [0.2, 0.25) is 6.39 Å². The van der Waals surface area contributed by atoms with Crippen molar-refractivity contribution in [2.75, 3.05) is 13.2 Å². The second kappa shape index (κ2) is 7.58. The monoisotopic (exact) mass is 247 g/mol. The fraction of sp³-hybridized carbons (Fsp3) is 0.385. The molecular weight excluding hydrogens is 230 g/mol. The van der Waals surface area contributed by atoms with Crippen molar-refractivity contribution in [3.8, 4) is 0 Å². The number of nitrogens with one attached hydrogen (secondary N) is 1. The Bertz CT molecular complexity index is 417. The Labute approximate surface area is 106 Å². The molecule has 0 aliphatic rings. The van der Waals surface area contributed by atoms with Crippen LogP contribution in [0.1, 0.15) is 17.8 Å². The summed E-state index contributed by atoms with van der Waals surface area (Å²) in [5.41, 5.74) is 1.30. The largest absolute Gasteiger partial charge is 0.373 e. The Morgan fingerprint density at radius 3 is 2.89 bits per heavy atom. The van der Waals surface area contributed by atoms with Crippen LogP contribution in [-0.4, -0.2) is 23.3 Å². The van der Waals surface area contributed by atoms with Gasteiger partial charge < -0.3 is 14.6 Å². The molecule has 0 amide bonds. The van der Waals surface area contributed by atoms with Crippen molar-refractivity contribution in [3.05, 3.63) is 48.1 Å². The molecule has 0 saturated heterocycles. The van der Waals surface area contributed by atoms with Crippen molar-refractivity contribution in [3.63, 3.8) is 0 Å². The minimum absolute atomic E-state index is 0.412. The molecule has 0 aliphatic heterocycles. The summed E-state index contributed by atoms with van der Waals surface area (Å²) in [6, 6.07) is 10.3. The molecule has 96 valence electrons. The molecule has 1 aromatic heterocycles. The number of ether oxygens (including phenoxy) is 1. The first-order chi connectivity index (χ1) is 8.95. The highest BCUT2D eigenvalue weighted by Gasteiger charge is 1.97. The van der Waals surface area contributed by atoms with Crippen LogP contribution in [0.25, 0.3) is 0 Å². The number of nitrogens with zero attached hydrogens (tertiary/aromatic N) is 2. The number of hydrogen-bond donors (Lipinski definition) is 1. The summed E-state index contributed by atoms with van der Waals surface area (Å²) < 4.78 is 10.0. The van der Waals surface area contributed by atoms with Gasteiger partial charge in [-0.1, -0.05) is 35.5 Å². The van der Waals surface area contributed by atoms with Crippen LogP contribution in [0.5, 0.6) is 0 Å². The molecule has 18 heavy (non-hydrogen) atoms. The molecule has 2 aromatic rings. The average Bonchev–Trinajstić information content (AvgIpc) is 2.92. The van der Waals surface area contributed by atoms with E-state index in [9.17, 15) is 0 Å². The lowest BCUT2D eigenvalue weighted by molar-refractivity contribution is 0.111. The summed E-state index contributed by atoms with van der Waals surface area (Å²) >= 11 is 0. The van der Waals surface area contributed by atoms with Crippen LogP contribution in [0.4, 0.5) is 0 Å². The van der Waals surface area contributed by atoms with E-state index in [4.69, 9.17) is 4.74 Å². The van der Waals surface area contributed by atoms with E-state index in [1.165, 1.54) is 12.0 Å². The number of rotatable bonds is 8. The molecule has 0 saturated carbocycles. The van der Waals surface area contributed by atoms with Gasteiger partial charge in [0.1, 0.15) is 6.61 Å². The van der Waals surface area contributed by atoms with Gasteiger partial charge in [-0.2, -0.15) is 4.98 Å². The summed E-state index contributed by atoms with van der Waals surface area (Å²) in [7, 11) is 0. The minimum Gasteiger partial charge on any atom is -0.373 e. The predicted octanol–water partition coefficient (Wildman–Crippen LogP) is 1.77. The van der Waals surface area contributed by atoms with Crippen LogP contribution in [0.2, 0.25) is 0 Å². The van der Waals surface area contributed by atoms with E-state index in [-0.39, 0.29) is 0 Å². The van der Waals surface area contributed by atoms with Gasteiger partial charge in [-0.3, -0.25) is 0 Å². The molecule has 2 rings (SSSR count). The maximum absolute atomic E-state index is 5.41. The van der Waals surface area contributed by atoms with E-state index in [0.717, 1.165) is 19.5 Å². The van der Waals surface area contributed by atoms with E-state index in [1.54, 1.807) is 0 Å². The zero-order valence-corrected chi connectivity index (χ0v) is 10.2. The smallest absolute Gasteiger partial charge is 0.213 e. The molecule has 5 nitrogen and oxygen atoms in total. The van der Waals surface area contributed by atoms with Crippen LogP contribution in [0.3, 0.4) is 0 Å². The normalized spacial score (nSPS) is 10.7. The third-order valence-corrected chi connectivity index (χ3v) is 2.45. The Kier molecular flexibility index (Phi) is 5.36. The third-order valence-electron chi connectivity index (χ3n) is 2.45. The zero-order valence-electron chi connectivity index (χ0n) is 10.2. The van der Waals surface area contributed by atoms with Crippen molar-refractivity contribution in [2.24, 2.45) is 0 Å². The first-order valence-corrected chi connectivity index (χ1v) is 6.03. The van der Waals surface area contributed by atoms with Gasteiger partial charge in [0.05, 0.1) is 0 Å². The van der Waals surface area contributed by atoms with Gasteiger partial charge in [-0.15, -0.1) is 0 Å². The summed E-state index contributed by atoms with van der Waals surface area (Å²) in [6.07, 6.45) is 2.27. The van der Waals surface area contributed by atoms with E-state index in [0.29, 0.717) is 19.0 Å². The zero-order chi connectivity index (χ0) is 12.5. The molecule has 0 aliphatic carbocycles. The highest BCUT2D eigenvalue weighted by Crippen LogP contribution is 1.97. The molecule has 5 heteroatoms. The predicted molar refractivity (Wildman–Crippen MR) is 66.7 cm³/mol. The molecule has 0 bridgehead atoms. The van der Waals surface area contributed by atoms with Gasteiger partial charge in [-0.05, 0) is 18.5 Å². The van der Waals surface area contributed by atoms with E-state index >= 15 is 0 Å². The third kappa shape index (κ3) is 4.65. The van der Waals surface area contributed by atoms with Crippen molar-refractivity contribution in [1.82, 2.24) is 15.5 Å². The lowest BCUT2D eigenvalue weighted by Gasteiger charge is -2.05. The lowest BCUT2D eigenvalue weighted by atomic mass is 10.2. The van der Waals surface area contributed by atoms with E-state index in [1.807, 2.05) is 18.2 Å². The Hall–Kier alpha value is -1.72. The van der Waals surface area contributed by atoms with Crippen molar-refractivity contribution >= 4 is 0 Å². The first-order valence-electron chi connectivity index (χ1n) is 6.03. The summed E-state index contributed by atoms with van der Waals surface area (Å²) in [6.45, 7) is 2.93. The van der Waals surface area contributed by atoms with E-state index < -0.39 is 0 Å². The van der Waals surface area contributed by atoms with Gasteiger partial charge in [0.15, 0.2) is 5.82 Å². The molecule has 0 atom stereocenters. The molecule has 0 radical (unpaired) electrons. The molecule has 0 spiro atoms. The number of aromatic nitrogens is 2. The Morgan fingerprint density at radius 1 is 1.22 bits per heavy atom. The van der Waals surface area contributed by atoms with Crippen molar-refractivity contribution < 1.29 is 9.26 Å². The highest BCUT2D eigenvalue weighted by atomic mass is 16.5. The second-order valence-corrected chi connectivity index (χ2v) is 3.92. The number of benzene rings is 1.